The molecule has 2 aromatic rings. The van der Waals surface area contributed by atoms with E-state index in [1.807, 2.05) is 51.1 Å². The van der Waals surface area contributed by atoms with Gasteiger partial charge in [-0.3, -0.25) is 14.4 Å². The molecule has 1 spiro atoms. The van der Waals surface area contributed by atoms with Crippen molar-refractivity contribution in [1.82, 2.24) is 14.8 Å². The third-order valence-corrected chi connectivity index (χ3v) is 7.93. The molecule has 1 aromatic carbocycles. The lowest BCUT2D eigenvalue weighted by Crippen LogP contribution is -2.48. The van der Waals surface area contributed by atoms with Gasteiger partial charge in [0.25, 0.3) is 0 Å². The van der Waals surface area contributed by atoms with Crippen LogP contribution < -0.4 is 10.6 Å². The van der Waals surface area contributed by atoms with Crippen LogP contribution in [0.3, 0.4) is 0 Å². The van der Waals surface area contributed by atoms with Crippen LogP contribution >= 0.6 is 0 Å². The Morgan fingerprint density at radius 2 is 2.00 bits per heavy atom. The van der Waals surface area contributed by atoms with E-state index < -0.39 is 10.8 Å². The molecule has 3 aliphatic rings. The van der Waals surface area contributed by atoms with E-state index in [2.05, 4.69) is 27.6 Å². The molecule has 2 unspecified atom stereocenters. The van der Waals surface area contributed by atoms with Gasteiger partial charge < -0.3 is 20.4 Å². The van der Waals surface area contributed by atoms with Crippen LogP contribution in [0.2, 0.25) is 0 Å². The molecular formula is C29H37N5O3. The average molecular weight is 504 g/mol. The number of likely N-dealkylation sites (tertiary alicyclic amines) is 1. The minimum absolute atomic E-state index is 0.00806. The van der Waals surface area contributed by atoms with Crippen molar-refractivity contribution >= 4 is 29.2 Å². The molecule has 8 heteroatoms. The van der Waals surface area contributed by atoms with E-state index in [1.54, 1.807) is 11.1 Å². The second-order valence-corrected chi connectivity index (χ2v) is 12.0. The normalized spacial score (nSPS) is 22.9. The van der Waals surface area contributed by atoms with Crippen molar-refractivity contribution < 1.29 is 14.4 Å². The Morgan fingerprint density at radius 3 is 2.76 bits per heavy atom. The fourth-order valence-electron chi connectivity index (χ4n) is 6.15. The number of aromatic nitrogens is 1. The number of fused-ring (bicyclic) bond motifs is 3. The van der Waals surface area contributed by atoms with E-state index in [-0.39, 0.29) is 24.3 Å². The van der Waals surface area contributed by atoms with E-state index in [0.717, 1.165) is 42.6 Å². The number of carbonyl (C=O) groups excluding carboxylic acids is 3. The van der Waals surface area contributed by atoms with Crippen molar-refractivity contribution in [3.63, 3.8) is 0 Å². The summed E-state index contributed by atoms with van der Waals surface area (Å²) in [6, 6.07) is 9.69. The van der Waals surface area contributed by atoms with Gasteiger partial charge >= 0.3 is 0 Å². The van der Waals surface area contributed by atoms with E-state index in [0.29, 0.717) is 36.8 Å². The van der Waals surface area contributed by atoms with Crippen LogP contribution in [0.4, 0.5) is 11.5 Å². The van der Waals surface area contributed by atoms with Gasteiger partial charge in [0, 0.05) is 36.0 Å². The quantitative estimate of drug-likeness (QED) is 0.653. The second kappa shape index (κ2) is 9.56. The fraction of sp³-hybridized carbons (Fsp3) is 0.517. The van der Waals surface area contributed by atoms with E-state index in [9.17, 15) is 14.4 Å². The second-order valence-electron chi connectivity index (χ2n) is 12.0. The van der Waals surface area contributed by atoms with Crippen molar-refractivity contribution in [2.24, 2.45) is 11.3 Å². The first-order valence-electron chi connectivity index (χ1n) is 13.2. The molecule has 2 N–H and O–H groups in total. The Balaban J connectivity index is 1.29. The molecule has 5 rings (SSSR count). The predicted octanol–water partition coefficient (Wildman–Crippen LogP) is 3.23. The number of anilines is 2. The summed E-state index contributed by atoms with van der Waals surface area (Å²) in [6.07, 6.45) is 5.05. The Bertz CT molecular complexity index is 1240. The molecule has 8 nitrogen and oxygen atoms in total. The minimum atomic E-state index is -0.641. The zero-order valence-electron chi connectivity index (χ0n) is 22.3. The van der Waals surface area contributed by atoms with Gasteiger partial charge in [-0.2, -0.15) is 0 Å². The molecular weight excluding hydrogens is 466 g/mol. The summed E-state index contributed by atoms with van der Waals surface area (Å²) in [5, 5.41) is 5.94. The number of amides is 3. The van der Waals surface area contributed by atoms with Crippen LogP contribution in [0.25, 0.3) is 0 Å². The maximum atomic E-state index is 13.2. The summed E-state index contributed by atoms with van der Waals surface area (Å²) in [5.41, 5.74) is 2.58. The predicted molar refractivity (Wildman–Crippen MR) is 143 cm³/mol. The first kappa shape index (κ1) is 25.4. The molecule has 2 atom stereocenters. The number of piperidine rings is 1. The highest BCUT2D eigenvalue weighted by molar-refractivity contribution is 6.06. The van der Waals surface area contributed by atoms with E-state index >= 15 is 0 Å². The molecule has 3 heterocycles. The van der Waals surface area contributed by atoms with E-state index in [1.165, 1.54) is 0 Å². The molecule has 37 heavy (non-hydrogen) atoms. The minimum Gasteiger partial charge on any atom is -0.333 e. The summed E-state index contributed by atoms with van der Waals surface area (Å²) in [4.78, 5) is 47.7. The average Bonchev–Trinajstić information content (AvgIpc) is 3.35. The highest BCUT2D eigenvalue weighted by Gasteiger charge is 2.51. The Labute approximate surface area is 218 Å². The number of pyridine rings is 1. The van der Waals surface area contributed by atoms with E-state index in [4.69, 9.17) is 0 Å². The molecule has 1 saturated heterocycles. The lowest BCUT2D eigenvalue weighted by atomic mass is 9.79. The van der Waals surface area contributed by atoms with Crippen molar-refractivity contribution in [1.29, 1.82) is 0 Å². The maximum Gasteiger partial charge on any atom is 0.243 e. The topological polar surface area (TPSA) is 94.6 Å². The molecule has 0 saturated carbocycles. The number of nitrogens with zero attached hydrogens (tertiary/aromatic N) is 3. The molecule has 1 aliphatic carbocycles. The molecule has 1 fully saturated rings. The number of hydrogen-bond acceptors (Lipinski definition) is 5. The highest BCUT2D eigenvalue weighted by atomic mass is 16.2. The zero-order valence-corrected chi connectivity index (χ0v) is 22.3. The first-order valence-corrected chi connectivity index (χ1v) is 13.2. The van der Waals surface area contributed by atoms with Crippen LogP contribution in [-0.2, 0) is 32.6 Å². The summed E-state index contributed by atoms with van der Waals surface area (Å²) >= 11 is 0. The van der Waals surface area contributed by atoms with Gasteiger partial charge in [-0.05, 0) is 74.5 Å². The van der Waals surface area contributed by atoms with Crippen molar-refractivity contribution in [2.45, 2.75) is 51.9 Å². The molecule has 0 radical (unpaired) electrons. The number of carbonyl (C=O) groups is 3. The zero-order chi connectivity index (χ0) is 26.4. The smallest absolute Gasteiger partial charge is 0.243 e. The summed E-state index contributed by atoms with van der Waals surface area (Å²) < 4.78 is 0. The number of nitrogens with one attached hydrogen (secondary N) is 2. The van der Waals surface area contributed by atoms with Crippen molar-refractivity contribution in [3.05, 3.63) is 53.2 Å². The van der Waals surface area contributed by atoms with Gasteiger partial charge in [0.05, 0.1) is 12.0 Å². The van der Waals surface area contributed by atoms with Crippen LogP contribution in [0.15, 0.2) is 36.5 Å². The SMILES string of the molecule is CN1CCCC(CN(CC(=O)Nc2ccc3c(c2)CC2(C3)C(=O)Nc3ncccc32)C(=O)C(C)(C)C)C1. The molecule has 0 bridgehead atoms. The highest BCUT2D eigenvalue weighted by Crippen LogP contribution is 2.46. The van der Waals surface area contributed by atoms with Crippen molar-refractivity contribution in [2.75, 3.05) is 43.9 Å². The number of hydrogen-bond donors (Lipinski definition) is 2. The fourth-order valence-corrected chi connectivity index (χ4v) is 6.15. The number of rotatable bonds is 5. The Hall–Kier alpha value is -3.26. The third kappa shape index (κ3) is 4.99. The summed E-state index contributed by atoms with van der Waals surface area (Å²) in [6.45, 7) is 8.33. The lowest BCUT2D eigenvalue weighted by Gasteiger charge is -2.36. The van der Waals surface area contributed by atoms with Crippen LogP contribution in [0.1, 0.15) is 50.3 Å². The van der Waals surface area contributed by atoms with Gasteiger partial charge in [-0.15, -0.1) is 0 Å². The summed E-state index contributed by atoms with van der Waals surface area (Å²) in [7, 11) is 2.11. The van der Waals surface area contributed by atoms with Gasteiger partial charge in [-0.25, -0.2) is 4.98 Å². The summed E-state index contributed by atoms with van der Waals surface area (Å²) in [5.74, 6) is 0.770. The third-order valence-electron chi connectivity index (χ3n) is 7.93. The van der Waals surface area contributed by atoms with Crippen molar-refractivity contribution in [3.8, 4) is 0 Å². The molecule has 196 valence electrons. The van der Waals surface area contributed by atoms with Gasteiger partial charge in [0.15, 0.2) is 0 Å². The lowest BCUT2D eigenvalue weighted by molar-refractivity contribution is -0.142. The first-order chi connectivity index (χ1) is 17.5. The standard InChI is InChI=1S/C29H37N5O3/c1-28(2,3)27(37)34(17-19-7-6-12-33(4)16-19)18-24(35)31-22-10-9-20-14-29(15-21(20)13-22)23-8-5-11-30-25(23)32-26(29)36/h5,8-11,13,19H,6-7,12,14-18H2,1-4H3,(H,31,35)(H,30,32,36). The largest absolute Gasteiger partial charge is 0.333 e. The van der Waals surface area contributed by atoms with Crippen LogP contribution in [-0.4, -0.2) is 65.7 Å². The molecule has 3 amide bonds. The molecule has 1 aromatic heterocycles. The number of benzene rings is 1. The van der Waals surface area contributed by atoms with Gasteiger partial charge in [-0.1, -0.05) is 32.9 Å². The van der Waals surface area contributed by atoms with Crippen LogP contribution in [0, 0.1) is 11.3 Å². The van der Waals surface area contributed by atoms with Crippen LogP contribution in [0.5, 0.6) is 0 Å². The maximum absolute atomic E-state index is 13.2. The Morgan fingerprint density at radius 1 is 1.22 bits per heavy atom. The van der Waals surface area contributed by atoms with Gasteiger partial charge in [0.2, 0.25) is 17.7 Å². The molecule has 2 aliphatic heterocycles. The monoisotopic (exact) mass is 503 g/mol. The van der Waals surface area contributed by atoms with Gasteiger partial charge in [0.1, 0.15) is 5.82 Å². The Kier molecular flexibility index (Phi) is 6.56.